The van der Waals surface area contributed by atoms with E-state index in [-0.39, 0.29) is 11.6 Å². The van der Waals surface area contributed by atoms with Crippen LogP contribution in [0.4, 0.5) is 0 Å². The van der Waals surface area contributed by atoms with Crippen LogP contribution in [0, 0.1) is 6.92 Å². The van der Waals surface area contributed by atoms with Gasteiger partial charge in [-0.1, -0.05) is 6.92 Å². The van der Waals surface area contributed by atoms with Crippen LogP contribution in [0.1, 0.15) is 36.8 Å². The first-order chi connectivity index (χ1) is 9.13. The molecule has 1 aromatic heterocycles. The summed E-state index contributed by atoms with van der Waals surface area (Å²) in [5.41, 5.74) is 4.40. The Hall–Kier alpha value is -0.460. The highest BCUT2D eigenvalue weighted by molar-refractivity contribution is 7.10. The lowest BCUT2D eigenvalue weighted by Gasteiger charge is -2.47. The summed E-state index contributed by atoms with van der Waals surface area (Å²) in [7, 11) is 0. The zero-order valence-electron chi connectivity index (χ0n) is 12.1. The Morgan fingerprint density at radius 2 is 2.21 bits per heavy atom. The fourth-order valence-electron chi connectivity index (χ4n) is 2.98. The Morgan fingerprint density at radius 1 is 1.53 bits per heavy atom. The van der Waals surface area contributed by atoms with Crippen LogP contribution in [-0.2, 0) is 4.74 Å². The Balaban J connectivity index is 2.29. The SMILES string of the molecule is CCC(C)(C(NN)c1ccsc1C)N1CCOCC1. The fraction of sp³-hybridized carbons (Fsp3) is 0.714. The molecule has 0 spiro atoms. The number of hydrogen-bond acceptors (Lipinski definition) is 5. The van der Waals surface area contributed by atoms with Crippen molar-refractivity contribution in [3.05, 3.63) is 21.9 Å². The number of aryl methyl sites for hydroxylation is 1. The third-order valence-corrected chi connectivity index (χ3v) is 5.31. The van der Waals surface area contributed by atoms with Crippen LogP contribution in [0.2, 0.25) is 0 Å². The standard InChI is InChI=1S/C14H25N3OS/c1-4-14(3,17-6-8-18-9-7-17)13(16-15)12-5-10-19-11(12)2/h5,10,13,16H,4,6-9,15H2,1-3H3. The van der Waals surface area contributed by atoms with E-state index in [1.165, 1.54) is 10.4 Å². The number of ether oxygens (including phenoxy) is 1. The van der Waals surface area contributed by atoms with Gasteiger partial charge in [0.15, 0.2) is 0 Å². The minimum absolute atomic E-state index is 0.0182. The molecule has 0 amide bonds. The zero-order valence-corrected chi connectivity index (χ0v) is 12.9. The second-order valence-electron chi connectivity index (χ2n) is 5.34. The van der Waals surface area contributed by atoms with E-state index in [0.717, 1.165) is 32.7 Å². The number of nitrogens with two attached hydrogens (primary N) is 1. The van der Waals surface area contributed by atoms with Crippen molar-refractivity contribution in [1.29, 1.82) is 0 Å². The molecule has 1 saturated heterocycles. The van der Waals surface area contributed by atoms with Crippen LogP contribution in [0.5, 0.6) is 0 Å². The van der Waals surface area contributed by atoms with Crippen molar-refractivity contribution in [2.45, 2.75) is 38.8 Å². The average Bonchev–Trinajstić information content (AvgIpc) is 2.86. The molecule has 2 rings (SSSR count). The highest BCUT2D eigenvalue weighted by atomic mass is 32.1. The Bertz CT molecular complexity index is 403. The van der Waals surface area contributed by atoms with E-state index < -0.39 is 0 Å². The maximum absolute atomic E-state index is 5.90. The summed E-state index contributed by atoms with van der Waals surface area (Å²) >= 11 is 1.78. The minimum atomic E-state index is 0.0182. The molecule has 1 aliphatic heterocycles. The average molecular weight is 283 g/mol. The summed E-state index contributed by atoms with van der Waals surface area (Å²) in [5, 5.41) is 2.14. The molecule has 0 radical (unpaired) electrons. The van der Waals surface area contributed by atoms with Crippen LogP contribution in [0.3, 0.4) is 0 Å². The minimum Gasteiger partial charge on any atom is -0.379 e. The fourth-order valence-corrected chi connectivity index (χ4v) is 3.72. The summed E-state index contributed by atoms with van der Waals surface area (Å²) in [5.74, 6) is 5.90. The smallest absolute Gasteiger partial charge is 0.0651 e. The quantitative estimate of drug-likeness (QED) is 0.641. The van der Waals surface area contributed by atoms with Crippen molar-refractivity contribution in [3.63, 3.8) is 0 Å². The van der Waals surface area contributed by atoms with E-state index in [2.05, 4.69) is 42.5 Å². The number of nitrogens with one attached hydrogen (secondary N) is 1. The van der Waals surface area contributed by atoms with Gasteiger partial charge in [0.2, 0.25) is 0 Å². The van der Waals surface area contributed by atoms with Gasteiger partial charge in [-0.05, 0) is 37.3 Å². The summed E-state index contributed by atoms with van der Waals surface area (Å²) < 4.78 is 5.48. The second-order valence-corrected chi connectivity index (χ2v) is 6.46. The molecule has 0 bridgehead atoms. The molecular weight excluding hydrogens is 258 g/mol. The van der Waals surface area contributed by atoms with Crippen LogP contribution < -0.4 is 11.3 Å². The molecule has 4 nitrogen and oxygen atoms in total. The highest BCUT2D eigenvalue weighted by Gasteiger charge is 2.40. The van der Waals surface area contributed by atoms with Crippen LogP contribution >= 0.6 is 11.3 Å². The third kappa shape index (κ3) is 2.85. The third-order valence-electron chi connectivity index (χ3n) is 4.45. The van der Waals surface area contributed by atoms with Gasteiger partial charge in [0, 0.05) is 23.5 Å². The van der Waals surface area contributed by atoms with E-state index in [4.69, 9.17) is 10.6 Å². The molecule has 108 valence electrons. The second kappa shape index (κ2) is 6.33. The van der Waals surface area contributed by atoms with E-state index >= 15 is 0 Å². The van der Waals surface area contributed by atoms with E-state index in [0.29, 0.717) is 0 Å². The lowest BCUT2D eigenvalue weighted by Crippen LogP contribution is -2.58. The summed E-state index contributed by atoms with van der Waals surface area (Å²) in [4.78, 5) is 3.86. The molecule has 1 aromatic rings. The molecule has 2 heterocycles. The summed E-state index contributed by atoms with van der Waals surface area (Å²) in [6.45, 7) is 10.3. The molecule has 0 aromatic carbocycles. The summed E-state index contributed by atoms with van der Waals surface area (Å²) in [6.07, 6.45) is 1.05. The van der Waals surface area contributed by atoms with E-state index in [1.54, 1.807) is 11.3 Å². The summed E-state index contributed by atoms with van der Waals surface area (Å²) in [6, 6.07) is 2.35. The molecule has 1 fully saturated rings. The normalized spacial score (nSPS) is 22.1. The molecule has 0 saturated carbocycles. The monoisotopic (exact) mass is 283 g/mol. The Kier molecular flexibility index (Phi) is 4.97. The van der Waals surface area contributed by atoms with Crippen LogP contribution in [-0.4, -0.2) is 36.7 Å². The van der Waals surface area contributed by atoms with Gasteiger partial charge in [-0.25, -0.2) is 0 Å². The first-order valence-corrected chi connectivity index (χ1v) is 7.84. The van der Waals surface area contributed by atoms with Crippen molar-refractivity contribution >= 4 is 11.3 Å². The number of nitrogens with zero attached hydrogens (tertiary/aromatic N) is 1. The predicted molar refractivity (Wildman–Crippen MR) is 80.2 cm³/mol. The van der Waals surface area contributed by atoms with Crippen molar-refractivity contribution < 1.29 is 4.74 Å². The topological polar surface area (TPSA) is 50.5 Å². The number of rotatable bonds is 5. The maximum Gasteiger partial charge on any atom is 0.0651 e. The molecule has 2 atom stereocenters. The van der Waals surface area contributed by atoms with Crippen LogP contribution in [0.15, 0.2) is 11.4 Å². The molecule has 2 unspecified atom stereocenters. The van der Waals surface area contributed by atoms with Crippen molar-refractivity contribution in [2.24, 2.45) is 5.84 Å². The molecule has 3 N–H and O–H groups in total. The van der Waals surface area contributed by atoms with Crippen molar-refractivity contribution in [2.75, 3.05) is 26.3 Å². The Labute approximate surface area is 119 Å². The van der Waals surface area contributed by atoms with Gasteiger partial charge in [0.25, 0.3) is 0 Å². The number of morpholine rings is 1. The van der Waals surface area contributed by atoms with Gasteiger partial charge in [0.1, 0.15) is 0 Å². The van der Waals surface area contributed by atoms with E-state index in [9.17, 15) is 0 Å². The van der Waals surface area contributed by atoms with Gasteiger partial charge in [0.05, 0.1) is 19.3 Å². The van der Waals surface area contributed by atoms with Crippen molar-refractivity contribution in [3.8, 4) is 0 Å². The van der Waals surface area contributed by atoms with Gasteiger partial charge in [-0.15, -0.1) is 11.3 Å². The van der Waals surface area contributed by atoms with E-state index in [1.807, 2.05) is 0 Å². The molecule has 0 aliphatic carbocycles. The van der Waals surface area contributed by atoms with Gasteiger partial charge in [-0.3, -0.25) is 16.2 Å². The Morgan fingerprint density at radius 3 is 2.68 bits per heavy atom. The molecule has 5 heteroatoms. The van der Waals surface area contributed by atoms with Gasteiger partial charge >= 0.3 is 0 Å². The van der Waals surface area contributed by atoms with Gasteiger partial charge < -0.3 is 4.74 Å². The highest BCUT2D eigenvalue weighted by Crippen LogP contribution is 2.37. The number of hydrogen-bond donors (Lipinski definition) is 2. The first-order valence-electron chi connectivity index (χ1n) is 6.96. The van der Waals surface area contributed by atoms with Crippen molar-refractivity contribution in [1.82, 2.24) is 10.3 Å². The van der Waals surface area contributed by atoms with Crippen LogP contribution in [0.25, 0.3) is 0 Å². The largest absolute Gasteiger partial charge is 0.379 e. The first kappa shape index (κ1) is 14.9. The lowest BCUT2D eigenvalue weighted by molar-refractivity contribution is -0.0329. The number of thiophene rings is 1. The lowest BCUT2D eigenvalue weighted by atomic mass is 9.83. The predicted octanol–water partition coefficient (Wildman–Crippen LogP) is 2.06. The zero-order chi connectivity index (χ0) is 13.9. The molecular formula is C14H25N3OS. The number of hydrazine groups is 1. The molecule has 19 heavy (non-hydrogen) atoms. The molecule has 1 aliphatic rings. The van der Waals surface area contributed by atoms with Gasteiger partial charge in [-0.2, -0.15) is 0 Å². The maximum atomic E-state index is 5.90.